The summed E-state index contributed by atoms with van der Waals surface area (Å²) >= 11 is 12.2. The summed E-state index contributed by atoms with van der Waals surface area (Å²) in [6.45, 7) is 5.48. The zero-order valence-electron chi connectivity index (χ0n) is 10.7. The average molecular weight is 289 g/mol. The fourth-order valence-corrected chi connectivity index (χ4v) is 2.51. The maximum atomic E-state index is 6.17. The van der Waals surface area contributed by atoms with Crippen molar-refractivity contribution in [2.45, 2.75) is 19.7 Å². The third-order valence-corrected chi connectivity index (χ3v) is 4.22. The van der Waals surface area contributed by atoms with E-state index >= 15 is 0 Å². The molecule has 0 amide bonds. The number of rotatable bonds is 3. The number of hydrogen-bond acceptors (Lipinski definition) is 3. The second kappa shape index (κ2) is 6.22. The number of likely N-dealkylation sites (N-methyl/N-ethyl adjacent to an activating group) is 1. The lowest BCUT2D eigenvalue weighted by Crippen LogP contribution is -2.47. The van der Waals surface area contributed by atoms with Crippen molar-refractivity contribution in [3.63, 3.8) is 0 Å². The molecule has 3 nitrogen and oxygen atoms in total. The molecular weight excluding hydrogens is 271 g/mol. The maximum absolute atomic E-state index is 6.17. The van der Waals surface area contributed by atoms with E-state index in [-0.39, 0.29) is 6.23 Å². The lowest BCUT2D eigenvalue weighted by molar-refractivity contribution is -0.0443. The predicted octanol–water partition coefficient (Wildman–Crippen LogP) is 2.68. The maximum Gasteiger partial charge on any atom is 0.120 e. The number of hydrogen-bond donors (Lipinski definition) is 1. The van der Waals surface area contributed by atoms with Gasteiger partial charge in [0.1, 0.15) is 6.23 Å². The molecule has 1 saturated heterocycles. The van der Waals surface area contributed by atoms with E-state index in [1.165, 1.54) is 5.56 Å². The number of morpholine rings is 1. The summed E-state index contributed by atoms with van der Waals surface area (Å²) in [5.41, 5.74) is 2.29. The van der Waals surface area contributed by atoms with E-state index < -0.39 is 0 Å². The summed E-state index contributed by atoms with van der Waals surface area (Å²) in [6, 6.07) is 3.91. The molecule has 1 aliphatic heterocycles. The topological polar surface area (TPSA) is 24.5 Å². The van der Waals surface area contributed by atoms with Crippen LogP contribution in [0, 0.1) is 6.92 Å². The second-order valence-corrected chi connectivity index (χ2v) is 5.31. The SMILES string of the molecule is CNC1CN(Cc2ccc(Cl)c(Cl)c2C)CCO1. The van der Waals surface area contributed by atoms with E-state index in [4.69, 9.17) is 27.9 Å². The molecule has 18 heavy (non-hydrogen) atoms. The number of halogens is 2. The molecule has 0 aromatic heterocycles. The van der Waals surface area contributed by atoms with Crippen molar-refractivity contribution in [1.29, 1.82) is 0 Å². The van der Waals surface area contributed by atoms with Crippen LogP contribution in [0.1, 0.15) is 11.1 Å². The molecule has 0 aliphatic carbocycles. The van der Waals surface area contributed by atoms with E-state index in [0.717, 1.165) is 31.8 Å². The van der Waals surface area contributed by atoms with Crippen LogP contribution < -0.4 is 5.32 Å². The van der Waals surface area contributed by atoms with Crippen LogP contribution in [0.4, 0.5) is 0 Å². The molecule has 2 rings (SSSR count). The van der Waals surface area contributed by atoms with Crippen LogP contribution in [0.15, 0.2) is 12.1 Å². The summed E-state index contributed by atoms with van der Waals surface area (Å²) in [4.78, 5) is 2.36. The molecule has 0 bridgehead atoms. The van der Waals surface area contributed by atoms with Crippen molar-refractivity contribution in [1.82, 2.24) is 10.2 Å². The van der Waals surface area contributed by atoms with Crippen molar-refractivity contribution >= 4 is 23.2 Å². The lowest BCUT2D eigenvalue weighted by Gasteiger charge is -2.33. The van der Waals surface area contributed by atoms with Crippen molar-refractivity contribution in [2.24, 2.45) is 0 Å². The van der Waals surface area contributed by atoms with Gasteiger partial charge in [-0.3, -0.25) is 10.2 Å². The van der Waals surface area contributed by atoms with E-state index in [2.05, 4.69) is 10.2 Å². The molecule has 0 saturated carbocycles. The summed E-state index contributed by atoms with van der Waals surface area (Å²) in [6.07, 6.45) is 0.113. The predicted molar refractivity (Wildman–Crippen MR) is 75.3 cm³/mol. The molecule has 1 heterocycles. The molecule has 0 spiro atoms. The van der Waals surface area contributed by atoms with Gasteiger partial charge in [-0.25, -0.2) is 0 Å². The number of nitrogens with one attached hydrogen (secondary N) is 1. The summed E-state index contributed by atoms with van der Waals surface area (Å²) in [5.74, 6) is 0. The Morgan fingerprint density at radius 3 is 2.94 bits per heavy atom. The fraction of sp³-hybridized carbons (Fsp3) is 0.538. The highest BCUT2D eigenvalue weighted by atomic mass is 35.5. The minimum absolute atomic E-state index is 0.113. The first-order valence-electron chi connectivity index (χ1n) is 6.06. The first kappa shape index (κ1) is 14.1. The third kappa shape index (κ3) is 3.16. The van der Waals surface area contributed by atoms with Crippen LogP contribution in [0.3, 0.4) is 0 Å². The zero-order valence-corrected chi connectivity index (χ0v) is 12.2. The van der Waals surface area contributed by atoms with Crippen LogP contribution in [0.2, 0.25) is 10.0 Å². The number of benzene rings is 1. The molecule has 1 atom stereocenters. The first-order valence-corrected chi connectivity index (χ1v) is 6.82. The highest BCUT2D eigenvalue weighted by Gasteiger charge is 2.19. The Morgan fingerprint density at radius 1 is 1.44 bits per heavy atom. The van der Waals surface area contributed by atoms with Crippen molar-refractivity contribution in [3.8, 4) is 0 Å². The minimum atomic E-state index is 0.113. The summed E-state index contributed by atoms with van der Waals surface area (Å²) in [7, 11) is 1.92. The van der Waals surface area contributed by atoms with Crippen LogP contribution in [-0.2, 0) is 11.3 Å². The van der Waals surface area contributed by atoms with Gasteiger partial charge in [-0.05, 0) is 31.2 Å². The van der Waals surface area contributed by atoms with E-state index in [9.17, 15) is 0 Å². The van der Waals surface area contributed by atoms with Crippen LogP contribution in [0.5, 0.6) is 0 Å². The molecule has 1 aliphatic rings. The zero-order chi connectivity index (χ0) is 13.1. The Balaban J connectivity index is 2.07. The van der Waals surface area contributed by atoms with Gasteiger partial charge < -0.3 is 4.74 Å². The monoisotopic (exact) mass is 288 g/mol. The van der Waals surface area contributed by atoms with Crippen molar-refractivity contribution in [3.05, 3.63) is 33.3 Å². The first-order chi connectivity index (χ1) is 8.61. The van der Waals surface area contributed by atoms with E-state index in [1.54, 1.807) is 0 Å². The molecule has 1 aromatic carbocycles. The van der Waals surface area contributed by atoms with Crippen molar-refractivity contribution in [2.75, 3.05) is 26.7 Å². The smallest absolute Gasteiger partial charge is 0.120 e. The Morgan fingerprint density at radius 2 is 2.22 bits per heavy atom. The highest BCUT2D eigenvalue weighted by molar-refractivity contribution is 6.42. The van der Waals surface area contributed by atoms with Gasteiger partial charge in [0.05, 0.1) is 16.7 Å². The average Bonchev–Trinajstić information content (AvgIpc) is 2.40. The molecule has 1 aromatic rings. The number of ether oxygens (including phenoxy) is 1. The van der Waals surface area contributed by atoms with Gasteiger partial charge in [-0.1, -0.05) is 29.3 Å². The standard InChI is InChI=1S/C13H18Cl2N2O/c1-9-10(3-4-11(14)13(9)15)7-17-5-6-18-12(8-17)16-2/h3-4,12,16H,5-8H2,1-2H3. The van der Waals surface area contributed by atoms with E-state index in [0.29, 0.717) is 10.0 Å². The van der Waals surface area contributed by atoms with Crippen LogP contribution >= 0.6 is 23.2 Å². The molecule has 0 radical (unpaired) electrons. The largest absolute Gasteiger partial charge is 0.361 e. The molecule has 1 unspecified atom stereocenters. The molecule has 1 N–H and O–H groups in total. The Bertz CT molecular complexity index is 426. The van der Waals surface area contributed by atoms with E-state index in [1.807, 2.05) is 26.1 Å². The van der Waals surface area contributed by atoms with Gasteiger partial charge in [0.2, 0.25) is 0 Å². The third-order valence-electron chi connectivity index (χ3n) is 3.32. The Labute approximate surface area is 118 Å². The minimum Gasteiger partial charge on any atom is -0.361 e. The van der Waals surface area contributed by atoms with Gasteiger partial charge in [0.25, 0.3) is 0 Å². The quantitative estimate of drug-likeness (QED) is 0.926. The van der Waals surface area contributed by atoms with Gasteiger partial charge in [0, 0.05) is 19.6 Å². The van der Waals surface area contributed by atoms with Gasteiger partial charge in [-0.2, -0.15) is 0 Å². The summed E-state index contributed by atoms with van der Waals surface area (Å²) in [5, 5.41) is 4.42. The Hall–Kier alpha value is -0.320. The number of nitrogens with zero attached hydrogens (tertiary/aromatic N) is 1. The van der Waals surface area contributed by atoms with Gasteiger partial charge in [-0.15, -0.1) is 0 Å². The van der Waals surface area contributed by atoms with Crippen LogP contribution in [0.25, 0.3) is 0 Å². The lowest BCUT2D eigenvalue weighted by atomic mass is 10.1. The molecule has 100 valence electrons. The van der Waals surface area contributed by atoms with Crippen LogP contribution in [-0.4, -0.2) is 37.9 Å². The summed E-state index contributed by atoms with van der Waals surface area (Å²) < 4.78 is 5.57. The Kier molecular flexibility index (Phi) is 4.87. The van der Waals surface area contributed by atoms with Gasteiger partial charge >= 0.3 is 0 Å². The molecular formula is C13H18Cl2N2O. The normalized spacial score (nSPS) is 21.2. The van der Waals surface area contributed by atoms with Crippen molar-refractivity contribution < 1.29 is 4.74 Å². The fourth-order valence-electron chi connectivity index (χ4n) is 2.12. The van der Waals surface area contributed by atoms with Gasteiger partial charge in [0.15, 0.2) is 0 Å². The molecule has 5 heteroatoms. The molecule has 1 fully saturated rings. The highest BCUT2D eigenvalue weighted by Crippen LogP contribution is 2.28. The second-order valence-electron chi connectivity index (χ2n) is 4.53.